The average Bonchev–Trinajstić information content (AvgIpc) is 2.76. The summed E-state index contributed by atoms with van der Waals surface area (Å²) < 4.78 is 19.1. The fourth-order valence-electron chi connectivity index (χ4n) is 1.51. The molecule has 0 aliphatic carbocycles. The minimum Gasteiger partial charge on any atom is -0.478 e. The number of benzene rings is 1. The fraction of sp³-hybridized carbons (Fsp3) is 0.167. The van der Waals surface area contributed by atoms with Crippen LogP contribution in [0.5, 0.6) is 0 Å². The van der Waals surface area contributed by atoms with Crippen LogP contribution in [-0.2, 0) is 6.54 Å². The van der Waals surface area contributed by atoms with Crippen LogP contribution in [0.15, 0.2) is 27.2 Å². The molecule has 0 atom stereocenters. The Morgan fingerprint density at radius 1 is 1.58 bits per heavy atom. The molecular formula is C12H10BrFN2O3. The molecule has 0 radical (unpaired) electrons. The molecule has 2 aromatic rings. The third-order valence-electron chi connectivity index (χ3n) is 2.41. The van der Waals surface area contributed by atoms with Gasteiger partial charge in [0.25, 0.3) is 0 Å². The van der Waals surface area contributed by atoms with Crippen molar-refractivity contribution in [1.82, 2.24) is 4.98 Å². The lowest BCUT2D eigenvalue weighted by Gasteiger charge is -2.08. The van der Waals surface area contributed by atoms with E-state index in [-0.39, 0.29) is 22.3 Å². The van der Waals surface area contributed by atoms with Gasteiger partial charge in [0, 0.05) is 0 Å². The molecule has 0 aliphatic rings. The monoisotopic (exact) mass is 328 g/mol. The topological polar surface area (TPSA) is 75.4 Å². The summed E-state index contributed by atoms with van der Waals surface area (Å²) in [6, 6.07) is 2.68. The lowest BCUT2D eigenvalue weighted by atomic mass is 10.2. The molecule has 0 unspecified atom stereocenters. The molecule has 1 heterocycles. The Balaban J connectivity index is 2.17. The molecular weight excluding hydrogens is 319 g/mol. The smallest absolute Gasteiger partial charge is 0.336 e. The maximum atomic E-state index is 13.9. The maximum absolute atomic E-state index is 13.9. The molecule has 7 heteroatoms. The highest BCUT2D eigenvalue weighted by atomic mass is 79.9. The molecule has 1 aromatic carbocycles. The van der Waals surface area contributed by atoms with Crippen LogP contribution in [0.25, 0.3) is 0 Å². The quantitative estimate of drug-likeness (QED) is 0.901. The zero-order valence-corrected chi connectivity index (χ0v) is 11.5. The Kier molecular flexibility index (Phi) is 3.84. The van der Waals surface area contributed by atoms with Crippen molar-refractivity contribution in [1.29, 1.82) is 0 Å². The number of oxazole rings is 1. The van der Waals surface area contributed by atoms with Gasteiger partial charge >= 0.3 is 5.97 Å². The standard InChI is InChI=1S/C12H10BrFN2O3/c1-6-4-16-9(19-6)5-15-8-3-2-7(12(17)18)10(13)11(8)14/h2-4,15H,5H2,1H3,(H,17,18). The molecule has 0 saturated carbocycles. The lowest BCUT2D eigenvalue weighted by molar-refractivity contribution is 0.0695. The van der Waals surface area contributed by atoms with Gasteiger partial charge in [0.15, 0.2) is 5.82 Å². The number of anilines is 1. The van der Waals surface area contributed by atoms with E-state index < -0.39 is 11.8 Å². The van der Waals surface area contributed by atoms with Gasteiger partial charge in [-0.1, -0.05) is 0 Å². The number of nitrogens with zero attached hydrogens (tertiary/aromatic N) is 1. The zero-order valence-electron chi connectivity index (χ0n) is 9.91. The van der Waals surface area contributed by atoms with E-state index in [4.69, 9.17) is 9.52 Å². The summed E-state index contributed by atoms with van der Waals surface area (Å²) in [6.07, 6.45) is 1.57. The molecule has 2 N–H and O–H groups in total. The Hall–Kier alpha value is -1.89. The molecule has 1 aromatic heterocycles. The van der Waals surface area contributed by atoms with Gasteiger partial charge < -0.3 is 14.8 Å². The Morgan fingerprint density at radius 2 is 2.32 bits per heavy atom. The summed E-state index contributed by atoms with van der Waals surface area (Å²) in [7, 11) is 0. The molecule has 0 fully saturated rings. The van der Waals surface area contributed by atoms with Crippen molar-refractivity contribution < 1.29 is 18.7 Å². The molecule has 19 heavy (non-hydrogen) atoms. The number of aromatic carboxylic acids is 1. The first-order valence-corrected chi connectivity index (χ1v) is 6.15. The number of carboxylic acid groups (broad SMARTS) is 1. The van der Waals surface area contributed by atoms with E-state index in [1.807, 2.05) is 0 Å². The summed E-state index contributed by atoms with van der Waals surface area (Å²) in [5, 5.41) is 11.6. The molecule has 2 rings (SSSR count). The Bertz CT molecular complexity index is 627. The second kappa shape index (κ2) is 5.40. The SMILES string of the molecule is Cc1cnc(CNc2ccc(C(=O)O)c(Br)c2F)o1. The van der Waals surface area contributed by atoms with Crippen LogP contribution in [-0.4, -0.2) is 16.1 Å². The first-order chi connectivity index (χ1) is 8.99. The van der Waals surface area contributed by atoms with Crippen LogP contribution in [0, 0.1) is 12.7 Å². The van der Waals surface area contributed by atoms with E-state index >= 15 is 0 Å². The molecule has 0 saturated heterocycles. The minimum atomic E-state index is -1.19. The van der Waals surface area contributed by atoms with Crippen LogP contribution in [0.3, 0.4) is 0 Å². The van der Waals surface area contributed by atoms with E-state index in [0.717, 1.165) is 0 Å². The number of nitrogens with one attached hydrogen (secondary N) is 1. The van der Waals surface area contributed by atoms with Gasteiger partial charge in [-0.05, 0) is 35.0 Å². The highest BCUT2D eigenvalue weighted by molar-refractivity contribution is 9.10. The van der Waals surface area contributed by atoms with Gasteiger partial charge in [0.1, 0.15) is 5.76 Å². The number of aryl methyl sites for hydroxylation is 1. The van der Waals surface area contributed by atoms with E-state index in [1.165, 1.54) is 12.1 Å². The van der Waals surface area contributed by atoms with E-state index in [2.05, 4.69) is 26.2 Å². The largest absolute Gasteiger partial charge is 0.478 e. The van der Waals surface area contributed by atoms with Gasteiger partial charge in [-0.3, -0.25) is 0 Å². The van der Waals surface area contributed by atoms with Crippen molar-refractivity contribution >= 4 is 27.6 Å². The summed E-state index contributed by atoms with van der Waals surface area (Å²) in [4.78, 5) is 14.8. The molecule has 0 amide bonds. The lowest BCUT2D eigenvalue weighted by Crippen LogP contribution is -2.05. The normalized spacial score (nSPS) is 10.5. The number of carbonyl (C=O) groups is 1. The van der Waals surface area contributed by atoms with E-state index in [0.29, 0.717) is 11.7 Å². The van der Waals surface area contributed by atoms with Crippen LogP contribution in [0.2, 0.25) is 0 Å². The first kappa shape index (κ1) is 13.5. The van der Waals surface area contributed by atoms with Crippen molar-refractivity contribution in [3.05, 3.63) is 45.8 Å². The zero-order chi connectivity index (χ0) is 14.0. The van der Waals surface area contributed by atoms with Crippen LogP contribution < -0.4 is 5.32 Å². The Labute approximate surface area is 116 Å². The van der Waals surface area contributed by atoms with Crippen LogP contribution in [0.4, 0.5) is 10.1 Å². The maximum Gasteiger partial charge on any atom is 0.336 e. The van der Waals surface area contributed by atoms with Crippen LogP contribution >= 0.6 is 15.9 Å². The second-order valence-corrected chi connectivity index (χ2v) is 4.61. The van der Waals surface area contributed by atoms with Crippen molar-refractivity contribution in [2.24, 2.45) is 0 Å². The van der Waals surface area contributed by atoms with Gasteiger partial charge in [-0.15, -0.1) is 0 Å². The average molecular weight is 329 g/mol. The number of hydrogen-bond acceptors (Lipinski definition) is 4. The second-order valence-electron chi connectivity index (χ2n) is 3.81. The summed E-state index contributed by atoms with van der Waals surface area (Å²) in [5.41, 5.74) is 0.0442. The predicted molar refractivity (Wildman–Crippen MR) is 69.6 cm³/mol. The van der Waals surface area contributed by atoms with Crippen molar-refractivity contribution in [2.45, 2.75) is 13.5 Å². The Morgan fingerprint density at radius 3 is 2.89 bits per heavy atom. The van der Waals surface area contributed by atoms with Gasteiger partial charge in [-0.2, -0.15) is 0 Å². The van der Waals surface area contributed by atoms with Crippen LogP contribution in [0.1, 0.15) is 22.0 Å². The summed E-state index contributed by atoms with van der Waals surface area (Å²) in [5.74, 6) is -0.765. The number of rotatable bonds is 4. The highest BCUT2D eigenvalue weighted by Crippen LogP contribution is 2.27. The van der Waals surface area contributed by atoms with Gasteiger partial charge in [0.05, 0.1) is 28.5 Å². The minimum absolute atomic E-state index is 0.0893. The first-order valence-electron chi connectivity index (χ1n) is 5.35. The highest BCUT2D eigenvalue weighted by Gasteiger charge is 2.15. The third-order valence-corrected chi connectivity index (χ3v) is 3.19. The molecule has 100 valence electrons. The number of carboxylic acids is 1. The van der Waals surface area contributed by atoms with Crippen molar-refractivity contribution in [3.63, 3.8) is 0 Å². The van der Waals surface area contributed by atoms with E-state index in [9.17, 15) is 9.18 Å². The van der Waals surface area contributed by atoms with Gasteiger partial charge in [-0.25, -0.2) is 14.2 Å². The summed E-state index contributed by atoms with van der Waals surface area (Å²) in [6.45, 7) is 1.97. The summed E-state index contributed by atoms with van der Waals surface area (Å²) >= 11 is 2.93. The predicted octanol–water partition coefficient (Wildman–Crippen LogP) is 3.19. The molecule has 5 nitrogen and oxygen atoms in total. The molecule has 0 spiro atoms. The number of halogens is 2. The molecule has 0 aliphatic heterocycles. The number of aromatic nitrogens is 1. The van der Waals surface area contributed by atoms with Crippen molar-refractivity contribution in [2.75, 3.05) is 5.32 Å². The number of hydrogen-bond donors (Lipinski definition) is 2. The van der Waals surface area contributed by atoms with Gasteiger partial charge in [0.2, 0.25) is 5.89 Å². The molecule has 0 bridgehead atoms. The fourth-order valence-corrected chi connectivity index (χ4v) is 2.02. The van der Waals surface area contributed by atoms with Crippen molar-refractivity contribution in [3.8, 4) is 0 Å². The third kappa shape index (κ3) is 2.93. The van der Waals surface area contributed by atoms with E-state index in [1.54, 1.807) is 13.1 Å².